The molecule has 0 aromatic rings. The third kappa shape index (κ3) is 5.70. The number of halogens is 1. The summed E-state index contributed by atoms with van der Waals surface area (Å²) < 4.78 is 0. The Morgan fingerprint density at radius 2 is 1.76 bits per heavy atom. The molecule has 1 aliphatic heterocycles. The minimum Gasteiger partial charge on any atom is -0.368 e. The Morgan fingerprint density at radius 3 is 2.24 bits per heavy atom. The second kappa shape index (κ2) is 9.39. The number of rotatable bonds is 5. The first-order valence-corrected chi connectivity index (χ1v) is 9.37. The fourth-order valence-corrected chi connectivity index (χ4v) is 3.71. The van der Waals surface area contributed by atoms with E-state index in [1.54, 1.807) is 0 Å². The van der Waals surface area contributed by atoms with E-state index in [2.05, 4.69) is 29.0 Å². The van der Waals surface area contributed by atoms with Gasteiger partial charge in [0.1, 0.15) is 0 Å². The van der Waals surface area contributed by atoms with Gasteiger partial charge in [-0.15, -0.1) is 24.0 Å². The lowest BCUT2D eigenvalue weighted by atomic mass is 9.89. The molecule has 1 amide bonds. The standard InChI is InChI=1S/C18H35N5O.HI/c1-5-20-16(21-14-18(4)8-6-7-9-18)22-10-12-23(13-11-22)17(2,3)15(19)24;/h5-14H2,1-4H3,(H2,19,24)(H,20,21);1H. The summed E-state index contributed by atoms with van der Waals surface area (Å²) in [6, 6.07) is 0. The van der Waals surface area contributed by atoms with E-state index in [4.69, 9.17) is 10.7 Å². The Labute approximate surface area is 170 Å². The quantitative estimate of drug-likeness (QED) is 0.370. The van der Waals surface area contributed by atoms with Crippen LogP contribution in [0.2, 0.25) is 0 Å². The number of hydrogen-bond donors (Lipinski definition) is 2. The van der Waals surface area contributed by atoms with Crippen LogP contribution in [-0.2, 0) is 4.79 Å². The first-order valence-electron chi connectivity index (χ1n) is 9.37. The SMILES string of the molecule is CCNC(=NCC1(C)CCCC1)N1CCN(C(C)(C)C(N)=O)CC1.I. The van der Waals surface area contributed by atoms with E-state index in [0.29, 0.717) is 5.41 Å². The number of nitrogens with two attached hydrogens (primary N) is 1. The van der Waals surface area contributed by atoms with Crippen molar-refractivity contribution in [3.05, 3.63) is 0 Å². The number of primary amides is 1. The zero-order chi connectivity index (χ0) is 17.8. The second-order valence-electron chi connectivity index (χ2n) is 8.09. The fraction of sp³-hybridized carbons (Fsp3) is 0.889. The highest BCUT2D eigenvalue weighted by atomic mass is 127. The number of piperazine rings is 1. The van der Waals surface area contributed by atoms with Crippen molar-refractivity contribution in [2.45, 2.75) is 58.9 Å². The van der Waals surface area contributed by atoms with E-state index < -0.39 is 5.54 Å². The lowest BCUT2D eigenvalue weighted by Gasteiger charge is -2.43. The van der Waals surface area contributed by atoms with Crippen LogP contribution in [-0.4, -0.2) is 66.5 Å². The molecular weight excluding hydrogens is 429 g/mol. The Balaban J connectivity index is 0.00000312. The zero-order valence-corrected chi connectivity index (χ0v) is 18.6. The maximum Gasteiger partial charge on any atom is 0.237 e. The summed E-state index contributed by atoms with van der Waals surface area (Å²) in [4.78, 5) is 21.1. The number of carbonyl (C=O) groups is 1. The topological polar surface area (TPSA) is 74.0 Å². The Morgan fingerprint density at radius 1 is 1.20 bits per heavy atom. The van der Waals surface area contributed by atoms with Crippen LogP contribution < -0.4 is 11.1 Å². The van der Waals surface area contributed by atoms with Gasteiger partial charge < -0.3 is 16.0 Å². The van der Waals surface area contributed by atoms with Gasteiger partial charge in [-0.1, -0.05) is 19.8 Å². The third-order valence-electron chi connectivity index (χ3n) is 5.73. The number of amides is 1. The van der Waals surface area contributed by atoms with E-state index in [0.717, 1.165) is 45.2 Å². The third-order valence-corrected chi connectivity index (χ3v) is 5.73. The Kier molecular flexibility index (Phi) is 8.44. The molecule has 1 saturated carbocycles. The monoisotopic (exact) mass is 465 g/mol. The van der Waals surface area contributed by atoms with Gasteiger partial charge in [-0.25, -0.2) is 0 Å². The van der Waals surface area contributed by atoms with Gasteiger partial charge in [-0.2, -0.15) is 0 Å². The molecule has 2 rings (SSSR count). The molecule has 1 aliphatic carbocycles. The van der Waals surface area contributed by atoms with Gasteiger partial charge >= 0.3 is 0 Å². The highest BCUT2D eigenvalue weighted by molar-refractivity contribution is 14.0. The van der Waals surface area contributed by atoms with Crippen molar-refractivity contribution in [2.75, 3.05) is 39.3 Å². The first-order chi connectivity index (χ1) is 11.3. The lowest BCUT2D eigenvalue weighted by Crippen LogP contribution is -2.61. The van der Waals surface area contributed by atoms with E-state index in [-0.39, 0.29) is 29.9 Å². The molecule has 1 heterocycles. The summed E-state index contributed by atoms with van der Waals surface area (Å²) in [7, 11) is 0. The summed E-state index contributed by atoms with van der Waals surface area (Å²) in [5, 5.41) is 3.44. The van der Waals surface area contributed by atoms with Crippen LogP contribution in [0.4, 0.5) is 0 Å². The zero-order valence-electron chi connectivity index (χ0n) is 16.3. The Hall–Kier alpha value is -0.570. The maximum atomic E-state index is 11.7. The summed E-state index contributed by atoms with van der Waals surface area (Å²) >= 11 is 0. The van der Waals surface area contributed by atoms with Gasteiger partial charge in [-0.05, 0) is 39.0 Å². The van der Waals surface area contributed by atoms with Crippen LogP contribution in [0.3, 0.4) is 0 Å². The van der Waals surface area contributed by atoms with Crippen LogP contribution in [0.1, 0.15) is 53.4 Å². The molecule has 3 N–H and O–H groups in total. The minimum absolute atomic E-state index is 0. The molecule has 0 aromatic heterocycles. The molecule has 0 unspecified atom stereocenters. The molecule has 0 radical (unpaired) electrons. The summed E-state index contributed by atoms with van der Waals surface area (Å²) in [6.45, 7) is 13.5. The molecule has 2 fully saturated rings. The average molecular weight is 465 g/mol. The van der Waals surface area contributed by atoms with Gasteiger partial charge in [0, 0.05) is 39.3 Å². The van der Waals surface area contributed by atoms with Crippen molar-refractivity contribution in [2.24, 2.45) is 16.1 Å². The smallest absolute Gasteiger partial charge is 0.237 e. The largest absolute Gasteiger partial charge is 0.368 e. The van der Waals surface area contributed by atoms with Crippen molar-refractivity contribution < 1.29 is 4.79 Å². The van der Waals surface area contributed by atoms with Gasteiger partial charge in [-0.3, -0.25) is 14.7 Å². The summed E-state index contributed by atoms with van der Waals surface area (Å²) in [6.07, 6.45) is 5.25. The van der Waals surface area contributed by atoms with Gasteiger partial charge in [0.15, 0.2) is 5.96 Å². The molecule has 1 saturated heterocycles. The normalized spacial score (nSPS) is 21.8. The van der Waals surface area contributed by atoms with Gasteiger partial charge in [0.25, 0.3) is 0 Å². The van der Waals surface area contributed by atoms with Crippen molar-refractivity contribution in [3.63, 3.8) is 0 Å². The number of carbonyl (C=O) groups excluding carboxylic acids is 1. The number of aliphatic imine (C=N–C) groups is 1. The molecule has 0 atom stereocenters. The van der Waals surface area contributed by atoms with Crippen LogP contribution in [0.25, 0.3) is 0 Å². The minimum atomic E-state index is -0.584. The predicted octanol–water partition coefficient (Wildman–Crippen LogP) is 2.03. The molecule has 7 heteroatoms. The van der Waals surface area contributed by atoms with Crippen LogP contribution in [0.5, 0.6) is 0 Å². The highest BCUT2D eigenvalue weighted by Crippen LogP contribution is 2.37. The summed E-state index contributed by atoms with van der Waals surface area (Å²) in [5.74, 6) is 0.757. The predicted molar refractivity (Wildman–Crippen MR) is 114 cm³/mol. The number of nitrogens with zero attached hydrogens (tertiary/aromatic N) is 3. The molecule has 25 heavy (non-hydrogen) atoms. The van der Waals surface area contributed by atoms with E-state index in [9.17, 15) is 4.79 Å². The molecule has 0 aromatic carbocycles. The van der Waals surface area contributed by atoms with E-state index in [1.165, 1.54) is 25.7 Å². The van der Waals surface area contributed by atoms with Gasteiger partial charge in [0.2, 0.25) is 5.91 Å². The second-order valence-corrected chi connectivity index (χ2v) is 8.09. The van der Waals surface area contributed by atoms with Crippen molar-refractivity contribution in [1.29, 1.82) is 0 Å². The average Bonchev–Trinajstić information content (AvgIpc) is 2.98. The van der Waals surface area contributed by atoms with Crippen LogP contribution >= 0.6 is 24.0 Å². The lowest BCUT2D eigenvalue weighted by molar-refractivity contribution is -0.129. The van der Waals surface area contributed by atoms with E-state index in [1.807, 2.05) is 13.8 Å². The van der Waals surface area contributed by atoms with Gasteiger partial charge in [0.05, 0.1) is 5.54 Å². The van der Waals surface area contributed by atoms with Crippen molar-refractivity contribution in [3.8, 4) is 0 Å². The number of guanidine groups is 1. The Bertz CT molecular complexity index is 466. The summed E-state index contributed by atoms with van der Waals surface area (Å²) in [5.41, 5.74) is 5.33. The van der Waals surface area contributed by atoms with Crippen molar-refractivity contribution in [1.82, 2.24) is 15.1 Å². The highest BCUT2D eigenvalue weighted by Gasteiger charge is 2.35. The molecule has 146 valence electrons. The molecule has 0 spiro atoms. The fourth-order valence-electron chi connectivity index (χ4n) is 3.71. The van der Waals surface area contributed by atoms with Crippen LogP contribution in [0.15, 0.2) is 4.99 Å². The number of hydrogen-bond acceptors (Lipinski definition) is 3. The molecule has 0 bridgehead atoms. The van der Waals surface area contributed by atoms with Crippen LogP contribution in [0, 0.1) is 5.41 Å². The molecule has 2 aliphatic rings. The first kappa shape index (κ1) is 22.5. The number of nitrogens with one attached hydrogen (secondary N) is 1. The maximum absolute atomic E-state index is 11.7. The molecule has 6 nitrogen and oxygen atoms in total. The molecular formula is C18H36IN5O. The van der Waals surface area contributed by atoms with Crippen molar-refractivity contribution >= 4 is 35.8 Å². The van der Waals surface area contributed by atoms with E-state index >= 15 is 0 Å².